The van der Waals surface area contributed by atoms with Crippen LogP contribution in [0.25, 0.3) is 0 Å². The molecule has 37 heteroatoms. The molecule has 6 atom stereocenters. The molecule has 36 nitrogen and oxygen atoms in total. The first kappa shape index (κ1) is 147. The van der Waals surface area contributed by atoms with E-state index in [-0.39, 0.29) is 62.6 Å². The molecule has 2 aromatic carbocycles. The van der Waals surface area contributed by atoms with Crippen LogP contribution in [-0.2, 0) is 41.6 Å². The number of thioether (sulfide) groups is 1. The van der Waals surface area contributed by atoms with Crippen LogP contribution in [-0.4, -0.2) is 614 Å². The quantitative estimate of drug-likeness (QED) is 0.0331. The summed E-state index contributed by atoms with van der Waals surface area (Å²) in [5, 5.41) is 90.5. The van der Waals surface area contributed by atoms with E-state index in [1.165, 1.54) is 47.9 Å². The topological polar surface area (TPSA) is 361 Å². The summed E-state index contributed by atoms with van der Waals surface area (Å²) in [7, 11) is 52.4. The SMILES string of the molecule is C=CC(=O)NCCCN(C)C.C=CC(=O)NCCN(C)C.CC(O)CN(CCN(CC(C)O)CC(C)O)CC(C)O.CCCOC(=O)NCCCN(C)C.CN(C)CC(O)CN(C)C.CN(C)CCOCCN(C)C.CN(C)CCSCCN(C)C.CN(CCN(C)Cc1ccccc1)Cc1ccccc1.COC(CN(C)C)C(CN(C)C)OC.OCCN(CCO)CCN(CCO)CCO. The molecule has 0 aromatic heterocycles. The van der Waals surface area contributed by atoms with Crippen molar-refractivity contribution in [3.63, 3.8) is 0 Å². The molecule has 136 heavy (non-hydrogen) atoms. The molecule has 810 valence electrons. The van der Waals surface area contributed by atoms with Gasteiger partial charge >= 0.3 is 6.09 Å². The Labute approximate surface area is 835 Å². The third-order valence-electron chi connectivity index (χ3n) is 18.5. The maximum absolute atomic E-state index is 10.9. The van der Waals surface area contributed by atoms with Crippen LogP contribution in [0.15, 0.2) is 86.0 Å². The van der Waals surface area contributed by atoms with Gasteiger partial charge < -0.3 is 145 Å². The van der Waals surface area contributed by atoms with Gasteiger partial charge in [-0.25, -0.2) is 4.79 Å². The number of nitrogens with one attached hydrogen (secondary N) is 3. The van der Waals surface area contributed by atoms with Crippen molar-refractivity contribution in [1.29, 1.82) is 0 Å². The Hall–Kier alpha value is -4.68. The third kappa shape index (κ3) is 125. The number of ether oxygens (including phenoxy) is 4. The van der Waals surface area contributed by atoms with E-state index >= 15 is 0 Å². The largest absolute Gasteiger partial charge is 0.450 e. The summed E-state index contributed by atoms with van der Waals surface area (Å²) in [6.07, 6.45) is 3.27. The van der Waals surface area contributed by atoms with Gasteiger partial charge in [-0.1, -0.05) is 80.7 Å². The Morgan fingerprint density at radius 2 is 0.647 bits per heavy atom. The number of benzene rings is 2. The fourth-order valence-electron chi connectivity index (χ4n) is 11.6. The zero-order valence-corrected chi connectivity index (χ0v) is 92.8. The molecule has 0 radical (unpaired) electrons. The molecular formula is C99H212N20O16S. The Balaban J connectivity index is -0.000000225. The maximum atomic E-state index is 10.9. The standard InChI is InChI=1S/C18H24N2.C14H32N2O4.C10H24N2O4.C10H24N2O2.C9H20N2O2.C8H20N2O.C8H16N2O.C8H20N2S.C7H18N2O.C7H14N2O/c1-19(15-17-9-5-3-6-10-17)13-14-20(2)16-18-11-7-4-8-12-18;1-11(17)7-15(8-12(2)18)5-6-16(9-13(3)19)10-14(4)20;13-7-3-11(4-8-14)1-2-12(5-9-15)6-10-16;1-11(2)7-9(13-5)10(14-6)8-12(3)4;1-4-8-13-9(12)10-6-5-7-11(2)3;1-9(2)5-7-11-8-6-10(3)4;1-4-8(11)9-6-5-7-10(2)3;1-9(2)5-7-11-8-6-10(3)4;1-8(2)5-7(10)6-9(3)4;1-4-7(10)8-5-6-9(2)3/h3-12H,13-16H2,1-2H3;11-14,17-20H,5-10H2,1-4H3;13-16H,1-10H2;9-10H,7-8H2,1-6H3;4-8H2,1-3H3,(H,10,12);5-8H2,1-4H3;4H,1,5-7H2,2-3H3,(H,9,11);5-8H2,1-4H3;7,10H,5-6H2,1-4H3;4H,1,5-6H2,2-3H3,(H,8,10). The van der Waals surface area contributed by atoms with Gasteiger partial charge in [-0.2, -0.15) is 11.8 Å². The summed E-state index contributed by atoms with van der Waals surface area (Å²) >= 11 is 2.03. The van der Waals surface area contributed by atoms with Gasteiger partial charge in [-0.3, -0.25) is 29.2 Å². The Bertz CT molecular complexity index is 2630. The lowest BCUT2D eigenvalue weighted by Crippen LogP contribution is -2.44. The van der Waals surface area contributed by atoms with Crippen molar-refractivity contribution in [3.8, 4) is 0 Å². The van der Waals surface area contributed by atoms with Crippen LogP contribution in [0.1, 0.15) is 65.0 Å². The van der Waals surface area contributed by atoms with Crippen molar-refractivity contribution in [2.75, 3.05) is 424 Å². The molecule has 6 unspecified atom stereocenters. The van der Waals surface area contributed by atoms with Crippen molar-refractivity contribution in [3.05, 3.63) is 97.1 Å². The first-order valence-electron chi connectivity index (χ1n) is 48.2. The third-order valence-corrected chi connectivity index (χ3v) is 19.4. The Kier molecular flexibility index (Phi) is 113. The Morgan fingerprint density at radius 3 is 0.912 bits per heavy atom. The number of aliphatic hydroxyl groups is 9. The smallest absolute Gasteiger partial charge is 0.407 e. The van der Waals surface area contributed by atoms with Crippen LogP contribution in [0.3, 0.4) is 0 Å². The monoisotopic (exact) mass is 1970 g/mol. The van der Waals surface area contributed by atoms with E-state index in [1.807, 2.05) is 152 Å². The number of likely N-dealkylation sites (N-methyl/N-ethyl adjacent to an activating group) is 9. The molecular weight excluding hydrogens is 1760 g/mol. The fourth-order valence-corrected chi connectivity index (χ4v) is 12.8. The number of hydrogen-bond acceptors (Lipinski definition) is 34. The lowest BCUT2D eigenvalue weighted by molar-refractivity contribution is -0.117. The molecule has 2 aromatic rings. The molecule has 0 bridgehead atoms. The van der Waals surface area contributed by atoms with Gasteiger partial charge in [-0.05, 0) is 252 Å². The number of nitrogens with zero attached hydrogens (tertiary/aromatic N) is 17. The number of aliphatic hydroxyl groups excluding tert-OH is 9. The van der Waals surface area contributed by atoms with Crippen LogP contribution in [0, 0.1) is 0 Å². The van der Waals surface area contributed by atoms with Gasteiger partial charge in [0.2, 0.25) is 11.8 Å². The van der Waals surface area contributed by atoms with E-state index in [1.54, 1.807) is 41.9 Å². The summed E-state index contributed by atoms with van der Waals surface area (Å²) < 4.78 is 21.0. The molecule has 0 aliphatic rings. The molecule has 0 aliphatic carbocycles. The van der Waals surface area contributed by atoms with Gasteiger partial charge in [0.15, 0.2) is 0 Å². The number of carbonyl (C=O) groups excluding carboxylic acids is 3. The van der Waals surface area contributed by atoms with Crippen LogP contribution < -0.4 is 16.0 Å². The minimum atomic E-state index is -0.448. The molecule has 12 N–H and O–H groups in total. The average molecular weight is 1970 g/mol. The molecule has 0 heterocycles. The first-order chi connectivity index (χ1) is 64.0. The fraction of sp³-hybridized carbons (Fsp3) is 0.808. The van der Waals surface area contributed by atoms with Gasteiger partial charge in [-0.15, -0.1) is 0 Å². The second-order valence-corrected chi connectivity index (χ2v) is 38.0. The molecule has 2 rings (SSSR count). The van der Waals surface area contributed by atoms with Gasteiger partial charge in [0, 0.05) is 209 Å². The zero-order chi connectivity index (χ0) is 106. The summed E-state index contributed by atoms with van der Waals surface area (Å²) in [6.45, 7) is 41.6. The molecule has 0 saturated carbocycles. The van der Waals surface area contributed by atoms with Crippen molar-refractivity contribution in [1.82, 2.24) is 99.2 Å². The van der Waals surface area contributed by atoms with Crippen molar-refractivity contribution in [2.24, 2.45) is 0 Å². The van der Waals surface area contributed by atoms with Crippen LogP contribution in [0.4, 0.5) is 4.79 Å². The van der Waals surface area contributed by atoms with Crippen LogP contribution in [0.5, 0.6) is 0 Å². The molecule has 0 fully saturated rings. The highest BCUT2D eigenvalue weighted by Gasteiger charge is 2.23. The number of methoxy groups -OCH3 is 2. The van der Waals surface area contributed by atoms with E-state index in [2.05, 4.69) is 209 Å². The highest BCUT2D eigenvalue weighted by Crippen LogP contribution is 2.09. The zero-order valence-electron chi connectivity index (χ0n) is 92.0. The molecule has 3 amide bonds. The predicted molar refractivity (Wildman–Crippen MR) is 572 cm³/mol. The van der Waals surface area contributed by atoms with E-state index in [4.69, 9.17) is 39.4 Å². The molecule has 0 spiro atoms. The lowest BCUT2D eigenvalue weighted by Gasteiger charge is -2.30. The number of carbonyl (C=O) groups is 3. The molecule has 0 saturated heterocycles. The lowest BCUT2D eigenvalue weighted by atomic mass is 10.2. The number of hydrogen-bond donors (Lipinski definition) is 12. The second kappa shape index (κ2) is 105. The first-order valence-corrected chi connectivity index (χ1v) is 49.4. The molecule has 0 aliphatic heterocycles. The number of rotatable bonds is 67. The van der Waals surface area contributed by atoms with Crippen molar-refractivity contribution >= 4 is 29.7 Å². The van der Waals surface area contributed by atoms with E-state index in [9.17, 15) is 39.9 Å². The minimum Gasteiger partial charge on any atom is -0.450 e. The van der Waals surface area contributed by atoms with Crippen molar-refractivity contribution in [2.45, 2.75) is 110 Å². The predicted octanol–water partition coefficient (Wildman–Crippen LogP) is 1.67. The summed E-state index contributed by atoms with van der Waals surface area (Å²) in [4.78, 5) is 67.7. The summed E-state index contributed by atoms with van der Waals surface area (Å²) in [5.74, 6) is 2.30. The summed E-state index contributed by atoms with van der Waals surface area (Å²) in [5.41, 5.74) is 2.75. The number of amides is 3. The highest BCUT2D eigenvalue weighted by molar-refractivity contribution is 7.99. The maximum Gasteiger partial charge on any atom is 0.407 e. The van der Waals surface area contributed by atoms with Gasteiger partial charge in [0.1, 0.15) is 0 Å². The number of alkyl carbamates (subject to hydrolysis) is 1. The van der Waals surface area contributed by atoms with Crippen LogP contribution in [0.2, 0.25) is 0 Å². The summed E-state index contributed by atoms with van der Waals surface area (Å²) in [6, 6.07) is 21.3. The van der Waals surface area contributed by atoms with Crippen molar-refractivity contribution < 1.29 is 79.3 Å². The minimum absolute atomic E-state index is 0.0694. The van der Waals surface area contributed by atoms with Gasteiger partial charge in [0.25, 0.3) is 0 Å². The van der Waals surface area contributed by atoms with Gasteiger partial charge in [0.05, 0.1) is 89.0 Å². The van der Waals surface area contributed by atoms with E-state index in [0.717, 1.165) is 124 Å². The average Bonchev–Trinajstić information content (AvgIpc) is 0.923. The van der Waals surface area contributed by atoms with Crippen LogP contribution >= 0.6 is 11.8 Å². The Morgan fingerprint density at radius 1 is 0.353 bits per heavy atom. The second-order valence-electron chi connectivity index (χ2n) is 36.8. The normalized spacial score (nSPS) is 12.6. The van der Waals surface area contributed by atoms with E-state index < -0.39 is 24.4 Å². The van der Waals surface area contributed by atoms with E-state index in [0.29, 0.717) is 98.2 Å². The highest BCUT2D eigenvalue weighted by atomic mass is 32.2.